The fourth-order valence-corrected chi connectivity index (χ4v) is 3.88. The Morgan fingerprint density at radius 3 is 2.33 bits per heavy atom. The van der Waals surface area contributed by atoms with Crippen molar-refractivity contribution in [3.8, 4) is 0 Å². The number of nitrogens with one attached hydrogen (secondary N) is 1. The van der Waals surface area contributed by atoms with Crippen LogP contribution in [0.3, 0.4) is 0 Å². The van der Waals surface area contributed by atoms with E-state index in [1.54, 1.807) is 12.1 Å². The van der Waals surface area contributed by atoms with Crippen molar-refractivity contribution in [2.45, 2.75) is 31.6 Å². The second-order valence-electron chi connectivity index (χ2n) is 5.47. The largest absolute Gasteiger partial charge is 0.352 e. The maximum atomic E-state index is 12.5. The molecule has 1 aliphatic heterocycles. The zero-order valence-corrected chi connectivity index (χ0v) is 13.3. The van der Waals surface area contributed by atoms with Gasteiger partial charge >= 0.3 is 0 Å². The summed E-state index contributed by atoms with van der Waals surface area (Å²) in [4.78, 5) is 11.9. The van der Waals surface area contributed by atoms with Crippen molar-refractivity contribution in [2.24, 2.45) is 5.92 Å². The summed E-state index contributed by atoms with van der Waals surface area (Å²) in [7, 11) is -3.44. The van der Waals surface area contributed by atoms with Crippen molar-refractivity contribution in [2.75, 3.05) is 19.6 Å². The number of hydrogen-bond donors (Lipinski definition) is 1. The molecule has 2 rings (SSSR count). The molecule has 1 aromatic rings. The topological polar surface area (TPSA) is 66.5 Å². The molecule has 0 aliphatic carbocycles. The average molecular weight is 310 g/mol. The second-order valence-corrected chi connectivity index (χ2v) is 7.41. The van der Waals surface area contributed by atoms with Crippen LogP contribution in [0.15, 0.2) is 29.2 Å². The Labute approximate surface area is 126 Å². The van der Waals surface area contributed by atoms with Crippen LogP contribution in [0.1, 0.15) is 37.0 Å². The van der Waals surface area contributed by atoms with E-state index in [2.05, 4.69) is 12.2 Å². The van der Waals surface area contributed by atoms with Gasteiger partial charge < -0.3 is 5.32 Å². The first-order chi connectivity index (χ1) is 9.95. The second kappa shape index (κ2) is 6.58. The molecule has 0 unspecified atom stereocenters. The van der Waals surface area contributed by atoms with E-state index in [0.717, 1.165) is 12.8 Å². The third kappa shape index (κ3) is 3.63. The lowest BCUT2D eigenvalue weighted by molar-refractivity contribution is 0.0955. The quantitative estimate of drug-likeness (QED) is 0.923. The Morgan fingerprint density at radius 2 is 1.81 bits per heavy atom. The van der Waals surface area contributed by atoms with Gasteiger partial charge in [0.05, 0.1) is 4.90 Å². The zero-order valence-electron chi connectivity index (χ0n) is 12.5. The molecule has 21 heavy (non-hydrogen) atoms. The number of amides is 1. The predicted octanol–water partition coefficient (Wildman–Crippen LogP) is 1.86. The predicted molar refractivity (Wildman–Crippen MR) is 81.6 cm³/mol. The molecule has 0 radical (unpaired) electrons. The van der Waals surface area contributed by atoms with E-state index in [9.17, 15) is 13.2 Å². The molecular formula is C15H22N2O3S. The van der Waals surface area contributed by atoms with Gasteiger partial charge in [-0.2, -0.15) is 4.31 Å². The highest BCUT2D eigenvalue weighted by Gasteiger charge is 2.27. The fourth-order valence-electron chi connectivity index (χ4n) is 2.42. The molecule has 0 aromatic heterocycles. The third-order valence-electron chi connectivity index (χ3n) is 3.83. The van der Waals surface area contributed by atoms with Crippen LogP contribution in [0.2, 0.25) is 0 Å². The van der Waals surface area contributed by atoms with Crippen LogP contribution in [-0.2, 0) is 10.0 Å². The molecule has 1 amide bonds. The number of carbonyl (C=O) groups is 1. The molecule has 1 aliphatic rings. The van der Waals surface area contributed by atoms with Gasteiger partial charge in [-0.05, 0) is 49.9 Å². The van der Waals surface area contributed by atoms with Crippen molar-refractivity contribution >= 4 is 15.9 Å². The van der Waals surface area contributed by atoms with Gasteiger partial charge in [0.15, 0.2) is 0 Å². The normalized spacial score (nSPS) is 17.6. The zero-order chi connectivity index (χ0) is 15.5. The van der Waals surface area contributed by atoms with E-state index in [-0.39, 0.29) is 10.8 Å². The van der Waals surface area contributed by atoms with Gasteiger partial charge in [0.1, 0.15) is 0 Å². The highest BCUT2D eigenvalue weighted by Crippen LogP contribution is 2.23. The molecule has 5 nitrogen and oxygen atoms in total. The number of nitrogens with zero attached hydrogens (tertiary/aromatic N) is 1. The molecule has 0 spiro atoms. The first-order valence-corrected chi connectivity index (χ1v) is 8.77. The number of carbonyl (C=O) groups excluding carboxylic acids is 1. The van der Waals surface area contributed by atoms with Crippen molar-refractivity contribution in [1.82, 2.24) is 9.62 Å². The standard InChI is InChI=1S/C15H22N2O3S/c1-3-16-15(18)13-4-6-14(7-5-13)21(19,20)17-10-8-12(2)9-11-17/h4-7,12H,3,8-11H2,1-2H3,(H,16,18). The molecule has 116 valence electrons. The fraction of sp³-hybridized carbons (Fsp3) is 0.533. The Balaban J connectivity index is 2.15. The van der Waals surface area contributed by atoms with Crippen LogP contribution in [0.25, 0.3) is 0 Å². The van der Waals surface area contributed by atoms with Crippen molar-refractivity contribution < 1.29 is 13.2 Å². The van der Waals surface area contributed by atoms with E-state index in [1.165, 1.54) is 16.4 Å². The maximum absolute atomic E-state index is 12.5. The van der Waals surface area contributed by atoms with E-state index < -0.39 is 10.0 Å². The van der Waals surface area contributed by atoms with Gasteiger partial charge in [-0.1, -0.05) is 6.92 Å². The summed E-state index contributed by atoms with van der Waals surface area (Å²) < 4.78 is 26.6. The van der Waals surface area contributed by atoms with Crippen molar-refractivity contribution in [3.05, 3.63) is 29.8 Å². The van der Waals surface area contributed by atoms with Gasteiger partial charge in [-0.3, -0.25) is 4.79 Å². The molecule has 0 bridgehead atoms. The SMILES string of the molecule is CCNC(=O)c1ccc(S(=O)(=O)N2CCC(C)CC2)cc1. The summed E-state index contributed by atoms with van der Waals surface area (Å²) in [5, 5.41) is 2.69. The van der Waals surface area contributed by atoms with Crippen LogP contribution >= 0.6 is 0 Å². The van der Waals surface area contributed by atoms with Gasteiger partial charge in [0.2, 0.25) is 10.0 Å². The summed E-state index contributed by atoms with van der Waals surface area (Å²) in [6.45, 7) is 5.67. The summed E-state index contributed by atoms with van der Waals surface area (Å²) in [5.74, 6) is 0.393. The van der Waals surface area contributed by atoms with Crippen LogP contribution in [0, 0.1) is 5.92 Å². The maximum Gasteiger partial charge on any atom is 0.251 e. The lowest BCUT2D eigenvalue weighted by Crippen LogP contribution is -2.37. The molecule has 1 heterocycles. The highest BCUT2D eigenvalue weighted by atomic mass is 32.2. The summed E-state index contributed by atoms with van der Waals surface area (Å²) in [6.07, 6.45) is 1.80. The molecular weight excluding hydrogens is 288 g/mol. The van der Waals surface area contributed by atoms with E-state index in [0.29, 0.717) is 31.1 Å². The van der Waals surface area contributed by atoms with E-state index in [4.69, 9.17) is 0 Å². The lowest BCUT2D eigenvalue weighted by atomic mass is 10.0. The molecule has 0 saturated carbocycles. The average Bonchev–Trinajstić information content (AvgIpc) is 2.48. The Kier molecular flexibility index (Phi) is 5.00. The van der Waals surface area contributed by atoms with Gasteiger partial charge in [0.25, 0.3) is 5.91 Å². The lowest BCUT2D eigenvalue weighted by Gasteiger charge is -2.29. The smallest absolute Gasteiger partial charge is 0.251 e. The molecule has 1 N–H and O–H groups in total. The van der Waals surface area contributed by atoms with Crippen LogP contribution in [0.4, 0.5) is 0 Å². The first kappa shape index (κ1) is 16.0. The summed E-state index contributed by atoms with van der Waals surface area (Å²) in [6, 6.07) is 6.14. The van der Waals surface area contributed by atoms with Gasteiger partial charge in [0, 0.05) is 25.2 Å². The van der Waals surface area contributed by atoms with E-state index in [1.807, 2.05) is 6.92 Å². The first-order valence-electron chi connectivity index (χ1n) is 7.33. The number of rotatable bonds is 4. The Bertz CT molecular complexity index is 588. The Morgan fingerprint density at radius 1 is 1.24 bits per heavy atom. The highest BCUT2D eigenvalue weighted by molar-refractivity contribution is 7.89. The molecule has 1 fully saturated rings. The molecule has 1 saturated heterocycles. The minimum absolute atomic E-state index is 0.187. The van der Waals surface area contributed by atoms with Crippen LogP contribution < -0.4 is 5.32 Å². The minimum Gasteiger partial charge on any atom is -0.352 e. The van der Waals surface area contributed by atoms with Crippen molar-refractivity contribution in [3.63, 3.8) is 0 Å². The third-order valence-corrected chi connectivity index (χ3v) is 5.75. The van der Waals surface area contributed by atoms with E-state index >= 15 is 0 Å². The number of hydrogen-bond acceptors (Lipinski definition) is 3. The van der Waals surface area contributed by atoms with Crippen LogP contribution in [0.5, 0.6) is 0 Å². The molecule has 1 aromatic carbocycles. The minimum atomic E-state index is -3.44. The van der Waals surface area contributed by atoms with Gasteiger partial charge in [-0.15, -0.1) is 0 Å². The number of piperidine rings is 1. The molecule has 6 heteroatoms. The number of benzene rings is 1. The Hall–Kier alpha value is -1.40. The summed E-state index contributed by atoms with van der Waals surface area (Å²) in [5.41, 5.74) is 0.475. The van der Waals surface area contributed by atoms with Gasteiger partial charge in [-0.25, -0.2) is 8.42 Å². The summed E-state index contributed by atoms with van der Waals surface area (Å²) >= 11 is 0. The van der Waals surface area contributed by atoms with Crippen LogP contribution in [-0.4, -0.2) is 38.3 Å². The molecule has 0 atom stereocenters. The number of sulfonamides is 1. The van der Waals surface area contributed by atoms with Crippen molar-refractivity contribution in [1.29, 1.82) is 0 Å². The monoisotopic (exact) mass is 310 g/mol.